The highest BCUT2D eigenvalue weighted by Gasteiger charge is 2.24. The minimum atomic E-state index is -0.787. The summed E-state index contributed by atoms with van der Waals surface area (Å²) in [6.45, 7) is 5.05. The van der Waals surface area contributed by atoms with Crippen LogP contribution in [-0.2, 0) is 4.79 Å². The third-order valence-electron chi connectivity index (χ3n) is 3.09. The van der Waals surface area contributed by atoms with E-state index in [1.807, 2.05) is 35.0 Å². The molecule has 4 nitrogen and oxygen atoms in total. The van der Waals surface area contributed by atoms with Crippen LogP contribution in [-0.4, -0.2) is 53.9 Å². The van der Waals surface area contributed by atoms with Gasteiger partial charge in [0.15, 0.2) is 0 Å². The quantitative estimate of drug-likeness (QED) is 0.920. The van der Waals surface area contributed by atoms with Crippen LogP contribution in [0.4, 0.5) is 5.69 Å². The van der Waals surface area contributed by atoms with E-state index < -0.39 is 5.60 Å². The number of fused-ring (bicyclic) bond motifs is 1. The molecule has 0 saturated carbocycles. The SMILES string of the molecule is CN(CC(=O)N1CCSc2ccccc21)CC(C)(C)O. The van der Waals surface area contributed by atoms with Gasteiger partial charge in [-0.3, -0.25) is 9.69 Å². The number of hydrogen-bond acceptors (Lipinski definition) is 4. The summed E-state index contributed by atoms with van der Waals surface area (Å²) in [5.74, 6) is 1.02. The maximum absolute atomic E-state index is 12.5. The van der Waals surface area contributed by atoms with Gasteiger partial charge in [-0.15, -0.1) is 11.8 Å². The van der Waals surface area contributed by atoms with E-state index in [9.17, 15) is 9.90 Å². The zero-order chi connectivity index (χ0) is 14.8. The molecule has 0 unspecified atom stereocenters. The fraction of sp³-hybridized carbons (Fsp3) is 0.533. The molecule has 5 heteroatoms. The molecule has 0 spiro atoms. The summed E-state index contributed by atoms with van der Waals surface area (Å²) in [4.78, 5) is 17.3. The number of amides is 1. The molecule has 1 aromatic carbocycles. The van der Waals surface area contributed by atoms with E-state index in [2.05, 4.69) is 6.07 Å². The van der Waals surface area contributed by atoms with Gasteiger partial charge in [-0.1, -0.05) is 12.1 Å². The first kappa shape index (κ1) is 15.4. The number of hydrogen-bond donors (Lipinski definition) is 1. The normalized spacial score (nSPS) is 15.3. The Labute approximate surface area is 124 Å². The number of likely N-dealkylation sites (N-methyl/N-ethyl adjacent to an activating group) is 1. The van der Waals surface area contributed by atoms with E-state index in [1.165, 1.54) is 0 Å². The van der Waals surface area contributed by atoms with Crippen molar-refractivity contribution in [2.45, 2.75) is 24.3 Å². The first-order valence-electron chi connectivity index (χ1n) is 6.80. The van der Waals surface area contributed by atoms with Crippen LogP contribution in [0.2, 0.25) is 0 Å². The Hall–Kier alpha value is -1.04. The number of para-hydroxylation sites is 1. The van der Waals surface area contributed by atoms with Crippen LogP contribution in [0.3, 0.4) is 0 Å². The Morgan fingerprint density at radius 3 is 2.85 bits per heavy atom. The Bertz CT molecular complexity index is 485. The summed E-state index contributed by atoms with van der Waals surface area (Å²) in [5, 5.41) is 9.80. The second-order valence-corrected chi connectivity index (χ2v) is 6.98. The van der Waals surface area contributed by atoms with Gasteiger partial charge in [-0.05, 0) is 33.0 Å². The smallest absolute Gasteiger partial charge is 0.241 e. The van der Waals surface area contributed by atoms with Gasteiger partial charge in [-0.25, -0.2) is 0 Å². The molecule has 1 heterocycles. The molecular formula is C15H22N2O2S. The topological polar surface area (TPSA) is 43.8 Å². The predicted molar refractivity (Wildman–Crippen MR) is 83.3 cm³/mol. The van der Waals surface area contributed by atoms with Crippen molar-refractivity contribution >= 4 is 23.4 Å². The monoisotopic (exact) mass is 294 g/mol. The molecule has 1 N–H and O–H groups in total. The van der Waals surface area contributed by atoms with E-state index in [-0.39, 0.29) is 5.91 Å². The predicted octanol–water partition coefficient (Wildman–Crippen LogP) is 1.83. The van der Waals surface area contributed by atoms with E-state index in [1.54, 1.807) is 25.6 Å². The molecule has 0 fully saturated rings. The molecule has 1 aliphatic rings. The standard InChI is InChI=1S/C15H22N2O2S/c1-15(2,19)11-16(3)10-14(18)17-8-9-20-13-7-5-4-6-12(13)17/h4-7,19H,8-11H2,1-3H3. The van der Waals surface area contributed by atoms with E-state index >= 15 is 0 Å². The summed E-state index contributed by atoms with van der Waals surface area (Å²) in [5.41, 5.74) is 0.218. The van der Waals surface area contributed by atoms with Crippen LogP contribution in [0.1, 0.15) is 13.8 Å². The Morgan fingerprint density at radius 1 is 1.45 bits per heavy atom. The van der Waals surface area contributed by atoms with Crippen molar-refractivity contribution in [2.75, 3.05) is 37.3 Å². The molecule has 2 rings (SSSR count). The van der Waals surface area contributed by atoms with Gasteiger partial charge in [-0.2, -0.15) is 0 Å². The van der Waals surface area contributed by atoms with E-state index in [4.69, 9.17) is 0 Å². The van der Waals surface area contributed by atoms with Crippen molar-refractivity contribution in [3.8, 4) is 0 Å². The van der Waals surface area contributed by atoms with Crippen molar-refractivity contribution in [3.05, 3.63) is 24.3 Å². The Kier molecular flexibility index (Phi) is 4.73. The molecule has 20 heavy (non-hydrogen) atoms. The number of nitrogens with zero attached hydrogens (tertiary/aromatic N) is 2. The third kappa shape index (κ3) is 3.98. The minimum Gasteiger partial charge on any atom is -0.389 e. The zero-order valence-electron chi connectivity index (χ0n) is 12.3. The van der Waals surface area contributed by atoms with E-state index in [0.29, 0.717) is 13.1 Å². The molecular weight excluding hydrogens is 272 g/mol. The van der Waals surface area contributed by atoms with Crippen molar-refractivity contribution in [1.29, 1.82) is 0 Å². The van der Waals surface area contributed by atoms with Crippen molar-refractivity contribution in [2.24, 2.45) is 0 Å². The highest BCUT2D eigenvalue weighted by Crippen LogP contribution is 2.34. The number of benzene rings is 1. The van der Waals surface area contributed by atoms with Gasteiger partial charge < -0.3 is 10.0 Å². The van der Waals surface area contributed by atoms with Gasteiger partial charge in [0.05, 0.1) is 17.8 Å². The summed E-state index contributed by atoms with van der Waals surface area (Å²) in [7, 11) is 1.86. The lowest BCUT2D eigenvalue weighted by molar-refractivity contribution is -0.119. The second kappa shape index (κ2) is 6.16. The molecule has 1 aromatic rings. The summed E-state index contributed by atoms with van der Waals surface area (Å²) in [6, 6.07) is 8.01. The highest BCUT2D eigenvalue weighted by atomic mass is 32.2. The van der Waals surface area contributed by atoms with E-state index in [0.717, 1.165) is 22.9 Å². The maximum Gasteiger partial charge on any atom is 0.241 e. The average Bonchev–Trinajstić information content (AvgIpc) is 2.35. The number of carbonyl (C=O) groups is 1. The van der Waals surface area contributed by atoms with Crippen molar-refractivity contribution in [3.63, 3.8) is 0 Å². The number of rotatable bonds is 4. The molecule has 0 atom stereocenters. The molecule has 110 valence electrons. The molecule has 0 radical (unpaired) electrons. The molecule has 1 aliphatic heterocycles. The number of carbonyl (C=O) groups excluding carboxylic acids is 1. The van der Waals surface area contributed by atoms with Crippen LogP contribution in [0.25, 0.3) is 0 Å². The molecule has 0 aliphatic carbocycles. The Morgan fingerprint density at radius 2 is 2.15 bits per heavy atom. The molecule has 0 bridgehead atoms. The van der Waals surface area contributed by atoms with Gasteiger partial charge in [0.2, 0.25) is 5.91 Å². The fourth-order valence-corrected chi connectivity index (χ4v) is 3.46. The highest BCUT2D eigenvalue weighted by molar-refractivity contribution is 7.99. The van der Waals surface area contributed by atoms with Crippen LogP contribution in [0.15, 0.2) is 29.2 Å². The average molecular weight is 294 g/mol. The zero-order valence-corrected chi connectivity index (χ0v) is 13.1. The number of thioether (sulfide) groups is 1. The van der Waals surface area contributed by atoms with Gasteiger partial charge in [0, 0.05) is 23.7 Å². The lowest BCUT2D eigenvalue weighted by Crippen LogP contribution is -2.45. The first-order valence-corrected chi connectivity index (χ1v) is 7.78. The van der Waals surface area contributed by atoms with Crippen LogP contribution in [0.5, 0.6) is 0 Å². The Balaban J connectivity index is 2.04. The van der Waals surface area contributed by atoms with Gasteiger partial charge in [0.1, 0.15) is 0 Å². The van der Waals surface area contributed by atoms with Gasteiger partial charge in [0.25, 0.3) is 0 Å². The third-order valence-corrected chi connectivity index (χ3v) is 4.13. The molecule has 0 aromatic heterocycles. The van der Waals surface area contributed by atoms with Crippen LogP contribution < -0.4 is 4.90 Å². The van der Waals surface area contributed by atoms with Crippen LogP contribution in [0, 0.1) is 0 Å². The number of aliphatic hydroxyl groups is 1. The summed E-state index contributed by atoms with van der Waals surface area (Å²) < 4.78 is 0. The molecule has 0 saturated heterocycles. The van der Waals surface area contributed by atoms with Gasteiger partial charge >= 0.3 is 0 Å². The first-order chi connectivity index (χ1) is 9.37. The lowest BCUT2D eigenvalue weighted by atomic mass is 10.1. The minimum absolute atomic E-state index is 0.0875. The largest absolute Gasteiger partial charge is 0.389 e. The fourth-order valence-electron chi connectivity index (χ4n) is 2.46. The number of anilines is 1. The summed E-state index contributed by atoms with van der Waals surface area (Å²) >= 11 is 1.79. The summed E-state index contributed by atoms with van der Waals surface area (Å²) in [6.07, 6.45) is 0. The van der Waals surface area contributed by atoms with Crippen molar-refractivity contribution < 1.29 is 9.90 Å². The van der Waals surface area contributed by atoms with Crippen molar-refractivity contribution in [1.82, 2.24) is 4.90 Å². The second-order valence-electron chi connectivity index (χ2n) is 5.85. The van der Waals surface area contributed by atoms with Crippen LogP contribution >= 0.6 is 11.8 Å². The lowest BCUT2D eigenvalue weighted by Gasteiger charge is -2.31. The maximum atomic E-state index is 12.5. The molecule has 1 amide bonds.